The van der Waals surface area contributed by atoms with E-state index in [2.05, 4.69) is 0 Å². The zero-order valence-electron chi connectivity index (χ0n) is 15.7. The van der Waals surface area contributed by atoms with Gasteiger partial charge in [-0.1, -0.05) is 0 Å². The first-order chi connectivity index (χ1) is 14.5. The predicted molar refractivity (Wildman–Crippen MR) is 145 cm³/mol. The van der Waals surface area contributed by atoms with Crippen molar-refractivity contribution in [2.45, 2.75) is 0 Å². The van der Waals surface area contributed by atoms with Crippen LogP contribution in [0.25, 0.3) is 33.1 Å². The van der Waals surface area contributed by atoms with Gasteiger partial charge in [0.15, 0.2) is 18.6 Å². The molecule has 3 aromatic carbocycles. The van der Waals surface area contributed by atoms with Gasteiger partial charge in [0, 0.05) is 17.2 Å². The standard InChI is InChI=1S/C20H6F2I4O5.Na/c21-5-1-6(13(20(29)30)9(22)2-5)12-7-3-10(23)16(27)14(25)18(7)31-19-8(12)4-11(24)17(28)15(19)26;/h1-4H,(H2-,27,28,29,30);/q;+1/p+1. The molecule has 0 spiro atoms. The molecule has 0 radical (unpaired) electrons. The Labute approximate surface area is 255 Å². The topological polar surface area (TPSA) is 89.1 Å². The quantitative estimate of drug-likeness (QED) is 0.121. The van der Waals surface area contributed by atoms with Crippen molar-refractivity contribution < 1.29 is 62.9 Å². The minimum absolute atomic E-state index is 0. The Balaban J connectivity index is 0.00000289. The number of rotatable bonds is 2. The molecule has 0 fully saturated rings. The van der Waals surface area contributed by atoms with Gasteiger partial charge < -0.3 is 15.3 Å². The molecule has 0 saturated carbocycles. The molecule has 5 nitrogen and oxygen atoms in total. The molecule has 0 unspecified atom stereocenters. The minimum Gasteiger partial charge on any atom is -0.505 e. The third-order valence-electron chi connectivity index (χ3n) is 4.58. The van der Waals surface area contributed by atoms with E-state index in [1.165, 1.54) is 0 Å². The van der Waals surface area contributed by atoms with Gasteiger partial charge in [-0.25, -0.2) is 18.0 Å². The van der Waals surface area contributed by atoms with Crippen molar-refractivity contribution in [1.82, 2.24) is 0 Å². The molecule has 0 saturated heterocycles. The van der Waals surface area contributed by atoms with E-state index in [4.69, 9.17) is 4.42 Å². The summed E-state index contributed by atoms with van der Waals surface area (Å²) in [4.78, 5) is 11.9. The molecular formula is C20H7F2I4NaO5+2. The Morgan fingerprint density at radius 2 is 1.31 bits per heavy atom. The first-order valence-corrected chi connectivity index (χ1v) is 12.5. The van der Waals surface area contributed by atoms with Gasteiger partial charge in [-0.15, -0.1) is 0 Å². The predicted octanol–water partition coefficient (Wildman–Crippen LogP) is 4.34. The van der Waals surface area contributed by atoms with E-state index in [-0.39, 0.29) is 63.3 Å². The van der Waals surface area contributed by atoms with E-state index in [9.17, 15) is 28.9 Å². The molecule has 0 amide bonds. The number of aromatic carboxylic acids is 1. The van der Waals surface area contributed by atoms with Gasteiger partial charge in [0.05, 0.1) is 17.9 Å². The molecule has 4 aromatic rings. The van der Waals surface area contributed by atoms with Crippen LogP contribution in [0.4, 0.5) is 8.78 Å². The minimum atomic E-state index is -1.55. The summed E-state index contributed by atoms with van der Waals surface area (Å²) in [6, 6.07) is 4.60. The van der Waals surface area contributed by atoms with Crippen LogP contribution < -0.4 is 29.6 Å². The third kappa shape index (κ3) is 4.43. The average Bonchev–Trinajstić information content (AvgIpc) is 2.68. The SMILES string of the molecule is O=C(O)c1c(F)cc(F)cc1-c1c2cc(I)c(O)c(I)c2[o+]c2c(I)c(O)c(I)cc12.[Na+]. The summed E-state index contributed by atoms with van der Waals surface area (Å²) in [5, 5.41) is 31.2. The van der Waals surface area contributed by atoms with Crippen LogP contribution in [0, 0.1) is 25.9 Å². The number of phenolic OH excluding ortho intramolecular Hbond substituents is 2. The Morgan fingerprint density at radius 3 is 1.75 bits per heavy atom. The van der Waals surface area contributed by atoms with E-state index in [0.29, 0.717) is 31.1 Å². The average molecular weight is 896 g/mol. The maximum Gasteiger partial charge on any atom is 1.00 e. The molecule has 12 heteroatoms. The molecule has 0 atom stereocenters. The van der Waals surface area contributed by atoms with E-state index < -0.39 is 23.2 Å². The Bertz CT molecular complexity index is 1390. The van der Waals surface area contributed by atoms with Crippen LogP contribution in [-0.2, 0) is 0 Å². The number of hydrogen-bond acceptors (Lipinski definition) is 3. The molecule has 0 aliphatic carbocycles. The zero-order valence-corrected chi connectivity index (χ0v) is 26.4. The van der Waals surface area contributed by atoms with Gasteiger partial charge >= 0.3 is 46.7 Å². The Hall–Kier alpha value is 0.180. The number of fused-ring (bicyclic) bond motifs is 2. The maximum absolute atomic E-state index is 14.6. The first-order valence-electron chi connectivity index (χ1n) is 8.23. The summed E-state index contributed by atoms with van der Waals surface area (Å²) in [7, 11) is 0. The normalized spacial score (nSPS) is 11.1. The largest absolute Gasteiger partial charge is 1.00 e. The van der Waals surface area contributed by atoms with Gasteiger partial charge in [0.2, 0.25) is 0 Å². The molecule has 1 aromatic heterocycles. The molecule has 158 valence electrons. The number of benzene rings is 3. The van der Waals surface area contributed by atoms with Crippen LogP contribution in [0.15, 0.2) is 28.7 Å². The van der Waals surface area contributed by atoms with Crippen LogP contribution >= 0.6 is 90.4 Å². The summed E-state index contributed by atoms with van der Waals surface area (Å²) in [5.74, 6) is -3.80. The first kappa shape index (κ1) is 26.8. The summed E-state index contributed by atoms with van der Waals surface area (Å²) in [6.45, 7) is 0. The van der Waals surface area contributed by atoms with Crippen LogP contribution in [0.2, 0.25) is 0 Å². The van der Waals surface area contributed by atoms with Crippen molar-refractivity contribution in [1.29, 1.82) is 0 Å². The van der Waals surface area contributed by atoms with Crippen molar-refractivity contribution in [3.63, 3.8) is 0 Å². The summed E-state index contributed by atoms with van der Waals surface area (Å²) in [5.41, 5.74) is -0.253. The van der Waals surface area contributed by atoms with Crippen molar-refractivity contribution in [2.75, 3.05) is 0 Å². The van der Waals surface area contributed by atoms with Gasteiger partial charge in [-0.3, -0.25) is 0 Å². The number of carboxylic acid groups (broad SMARTS) is 1. The fraction of sp³-hybridized carbons (Fsp3) is 0. The fourth-order valence-corrected chi connectivity index (χ4v) is 6.86. The number of phenols is 2. The molecule has 1 heterocycles. The number of carbonyl (C=O) groups is 1. The van der Waals surface area contributed by atoms with Crippen molar-refractivity contribution in [3.05, 3.63) is 55.7 Å². The van der Waals surface area contributed by atoms with Crippen molar-refractivity contribution in [2.24, 2.45) is 0 Å². The van der Waals surface area contributed by atoms with E-state index in [1.807, 2.05) is 90.4 Å². The second-order valence-electron chi connectivity index (χ2n) is 6.39. The van der Waals surface area contributed by atoms with Gasteiger partial charge in [-0.2, -0.15) is 0 Å². The summed E-state index contributed by atoms with van der Waals surface area (Å²) in [6.07, 6.45) is 0. The molecule has 3 N–H and O–H groups in total. The molecular weight excluding hydrogens is 889 g/mol. The van der Waals surface area contributed by atoms with E-state index in [0.717, 1.165) is 6.07 Å². The smallest absolute Gasteiger partial charge is 0.505 e. The van der Waals surface area contributed by atoms with Crippen LogP contribution in [0.3, 0.4) is 0 Å². The molecule has 0 bridgehead atoms. The van der Waals surface area contributed by atoms with E-state index in [1.54, 1.807) is 12.1 Å². The Morgan fingerprint density at radius 1 is 0.844 bits per heavy atom. The number of aromatic hydroxyl groups is 2. The molecule has 4 rings (SSSR count). The van der Waals surface area contributed by atoms with Crippen molar-refractivity contribution in [3.8, 4) is 22.6 Å². The fourth-order valence-electron chi connectivity index (χ4n) is 3.28. The van der Waals surface area contributed by atoms with Gasteiger partial charge in [-0.05, 0) is 109 Å². The monoisotopic (exact) mass is 896 g/mol. The number of halogens is 6. The van der Waals surface area contributed by atoms with E-state index >= 15 is 0 Å². The maximum atomic E-state index is 14.6. The Kier molecular flexibility index (Phi) is 8.40. The zero-order chi connectivity index (χ0) is 22.8. The van der Waals surface area contributed by atoms with Gasteiger partial charge in [0.25, 0.3) is 0 Å². The van der Waals surface area contributed by atoms with Gasteiger partial charge in [0.1, 0.15) is 17.2 Å². The van der Waals surface area contributed by atoms with Crippen LogP contribution in [-0.4, -0.2) is 21.3 Å². The second kappa shape index (κ2) is 10.0. The number of hydrogen-bond donors (Lipinski definition) is 3. The number of carboxylic acids is 1. The third-order valence-corrected chi connectivity index (χ3v) is 8.23. The molecule has 0 aliphatic heterocycles. The summed E-state index contributed by atoms with van der Waals surface area (Å²) >= 11 is 7.58. The molecule has 32 heavy (non-hydrogen) atoms. The van der Waals surface area contributed by atoms with Crippen LogP contribution in [0.5, 0.6) is 11.5 Å². The van der Waals surface area contributed by atoms with Crippen molar-refractivity contribution >= 4 is 118 Å². The molecule has 0 aliphatic rings. The van der Waals surface area contributed by atoms with Crippen LogP contribution in [0.1, 0.15) is 10.4 Å². The second-order valence-corrected chi connectivity index (χ2v) is 10.9. The summed E-state index contributed by atoms with van der Waals surface area (Å²) < 4.78 is 36.4.